The van der Waals surface area contributed by atoms with Crippen LogP contribution >= 0.6 is 11.6 Å². The average molecular weight is 289 g/mol. The van der Waals surface area contributed by atoms with Crippen LogP contribution < -0.4 is 11.1 Å². The van der Waals surface area contributed by atoms with Gasteiger partial charge in [0, 0.05) is 11.6 Å². The van der Waals surface area contributed by atoms with Crippen LogP contribution in [0.4, 0.5) is 5.69 Å². The van der Waals surface area contributed by atoms with Gasteiger partial charge in [-0.3, -0.25) is 4.79 Å². The van der Waals surface area contributed by atoms with E-state index in [-0.39, 0.29) is 11.9 Å². The number of amides is 1. The number of rotatable bonds is 4. The first-order chi connectivity index (χ1) is 9.56. The van der Waals surface area contributed by atoms with Gasteiger partial charge in [-0.2, -0.15) is 0 Å². The zero-order valence-electron chi connectivity index (χ0n) is 11.3. The molecule has 0 saturated heterocycles. The molecule has 0 spiro atoms. The van der Waals surface area contributed by atoms with Crippen LogP contribution in [0, 0.1) is 0 Å². The van der Waals surface area contributed by atoms with Crippen LogP contribution in [0.2, 0.25) is 5.02 Å². The molecule has 4 heteroatoms. The SMILES string of the molecule is CC(Cc1ccccc1)NC(=O)c1ccc(Cl)c(N)c1. The summed E-state index contributed by atoms with van der Waals surface area (Å²) < 4.78 is 0. The first kappa shape index (κ1) is 14.4. The predicted molar refractivity (Wildman–Crippen MR) is 82.9 cm³/mol. The smallest absolute Gasteiger partial charge is 0.251 e. The number of hydrogen-bond donors (Lipinski definition) is 2. The van der Waals surface area contributed by atoms with Crippen molar-refractivity contribution in [2.24, 2.45) is 0 Å². The minimum atomic E-state index is -0.142. The van der Waals surface area contributed by atoms with Crippen molar-refractivity contribution in [3.63, 3.8) is 0 Å². The third-order valence-electron chi connectivity index (χ3n) is 3.02. The Bertz CT molecular complexity index is 599. The number of nitrogen functional groups attached to an aromatic ring is 1. The Balaban J connectivity index is 1.98. The maximum absolute atomic E-state index is 12.1. The normalized spacial score (nSPS) is 11.9. The minimum Gasteiger partial charge on any atom is -0.398 e. The van der Waals surface area contributed by atoms with Crippen LogP contribution in [0.1, 0.15) is 22.8 Å². The Morgan fingerprint density at radius 1 is 1.25 bits per heavy atom. The van der Waals surface area contributed by atoms with Crippen LogP contribution in [0.15, 0.2) is 48.5 Å². The molecule has 0 saturated carbocycles. The first-order valence-electron chi connectivity index (χ1n) is 6.46. The van der Waals surface area contributed by atoms with Crippen LogP contribution in [0.25, 0.3) is 0 Å². The van der Waals surface area contributed by atoms with Crippen LogP contribution in [-0.2, 0) is 6.42 Å². The minimum absolute atomic E-state index is 0.0433. The molecule has 2 rings (SSSR count). The Morgan fingerprint density at radius 2 is 1.95 bits per heavy atom. The quantitative estimate of drug-likeness (QED) is 0.848. The zero-order valence-corrected chi connectivity index (χ0v) is 12.0. The number of nitrogens with one attached hydrogen (secondary N) is 1. The summed E-state index contributed by atoms with van der Waals surface area (Å²) >= 11 is 5.84. The van der Waals surface area contributed by atoms with Gasteiger partial charge in [0.05, 0.1) is 10.7 Å². The zero-order chi connectivity index (χ0) is 14.5. The fraction of sp³-hybridized carbons (Fsp3) is 0.188. The van der Waals surface area contributed by atoms with Crippen molar-refractivity contribution in [2.75, 3.05) is 5.73 Å². The summed E-state index contributed by atoms with van der Waals surface area (Å²) in [7, 11) is 0. The van der Waals surface area contributed by atoms with Crippen molar-refractivity contribution in [1.82, 2.24) is 5.32 Å². The molecule has 1 amide bonds. The monoisotopic (exact) mass is 288 g/mol. The van der Waals surface area contributed by atoms with Crippen molar-refractivity contribution in [1.29, 1.82) is 0 Å². The molecule has 0 aliphatic heterocycles. The molecule has 0 bridgehead atoms. The van der Waals surface area contributed by atoms with E-state index in [0.29, 0.717) is 16.3 Å². The summed E-state index contributed by atoms with van der Waals surface area (Å²) in [4.78, 5) is 12.1. The largest absolute Gasteiger partial charge is 0.398 e. The Hall–Kier alpha value is -2.00. The van der Waals surface area contributed by atoms with Crippen LogP contribution in [-0.4, -0.2) is 11.9 Å². The lowest BCUT2D eigenvalue weighted by atomic mass is 10.1. The van der Waals surface area contributed by atoms with E-state index in [1.54, 1.807) is 18.2 Å². The lowest BCUT2D eigenvalue weighted by Gasteiger charge is -2.14. The molecule has 20 heavy (non-hydrogen) atoms. The first-order valence-corrected chi connectivity index (χ1v) is 6.84. The standard InChI is InChI=1S/C16H17ClN2O/c1-11(9-12-5-3-2-4-6-12)19-16(20)13-7-8-14(17)15(18)10-13/h2-8,10-11H,9,18H2,1H3,(H,19,20). The topological polar surface area (TPSA) is 55.1 Å². The molecule has 3 nitrogen and oxygen atoms in total. The number of nitrogens with two attached hydrogens (primary N) is 1. The van der Waals surface area contributed by atoms with Gasteiger partial charge in [0.15, 0.2) is 0 Å². The number of anilines is 1. The van der Waals surface area contributed by atoms with Crippen molar-refractivity contribution >= 4 is 23.2 Å². The molecule has 2 aromatic rings. The van der Waals surface area contributed by atoms with E-state index in [1.165, 1.54) is 5.56 Å². The second-order valence-corrected chi connectivity index (χ2v) is 5.21. The molecule has 0 radical (unpaired) electrons. The van der Waals surface area contributed by atoms with E-state index in [1.807, 2.05) is 37.3 Å². The fourth-order valence-electron chi connectivity index (χ4n) is 2.01. The molecule has 0 aliphatic carbocycles. The second-order valence-electron chi connectivity index (χ2n) is 4.80. The summed E-state index contributed by atoms with van der Waals surface area (Å²) in [6, 6.07) is 15.0. The van der Waals surface area contributed by atoms with Gasteiger partial charge in [0.2, 0.25) is 0 Å². The van der Waals surface area contributed by atoms with Gasteiger partial charge in [-0.05, 0) is 37.1 Å². The maximum atomic E-state index is 12.1. The second kappa shape index (κ2) is 6.44. The van der Waals surface area contributed by atoms with Gasteiger partial charge in [-0.15, -0.1) is 0 Å². The fourth-order valence-corrected chi connectivity index (χ4v) is 2.13. The molecule has 0 aliphatic rings. The summed E-state index contributed by atoms with van der Waals surface area (Å²) in [5.41, 5.74) is 7.82. The van der Waals surface area contributed by atoms with Crippen molar-refractivity contribution in [3.05, 3.63) is 64.7 Å². The molecule has 0 fully saturated rings. The molecule has 1 unspecified atom stereocenters. The molecule has 1 atom stereocenters. The summed E-state index contributed by atoms with van der Waals surface area (Å²) in [5.74, 6) is -0.142. The molecule has 3 N–H and O–H groups in total. The van der Waals surface area contributed by atoms with E-state index in [9.17, 15) is 4.79 Å². The summed E-state index contributed by atoms with van der Waals surface area (Å²) in [5, 5.41) is 3.41. The van der Waals surface area contributed by atoms with Gasteiger partial charge in [-0.1, -0.05) is 41.9 Å². The highest BCUT2D eigenvalue weighted by Crippen LogP contribution is 2.19. The highest BCUT2D eigenvalue weighted by atomic mass is 35.5. The Labute approximate surface area is 123 Å². The molecular weight excluding hydrogens is 272 g/mol. The van der Waals surface area contributed by atoms with Gasteiger partial charge >= 0.3 is 0 Å². The van der Waals surface area contributed by atoms with Crippen LogP contribution in [0.3, 0.4) is 0 Å². The van der Waals surface area contributed by atoms with E-state index < -0.39 is 0 Å². The van der Waals surface area contributed by atoms with Gasteiger partial charge in [0.25, 0.3) is 5.91 Å². The van der Waals surface area contributed by atoms with Crippen molar-refractivity contribution in [2.45, 2.75) is 19.4 Å². The number of halogens is 1. The predicted octanol–water partition coefficient (Wildman–Crippen LogP) is 3.28. The summed E-state index contributed by atoms with van der Waals surface area (Å²) in [6.45, 7) is 1.98. The lowest BCUT2D eigenvalue weighted by molar-refractivity contribution is 0.0940. The average Bonchev–Trinajstić information content (AvgIpc) is 2.42. The van der Waals surface area contributed by atoms with E-state index in [2.05, 4.69) is 5.32 Å². The number of benzene rings is 2. The molecular formula is C16H17ClN2O. The highest BCUT2D eigenvalue weighted by molar-refractivity contribution is 6.33. The molecule has 2 aromatic carbocycles. The number of carbonyl (C=O) groups is 1. The van der Waals surface area contributed by atoms with Gasteiger partial charge in [-0.25, -0.2) is 0 Å². The van der Waals surface area contributed by atoms with Gasteiger partial charge < -0.3 is 11.1 Å². The highest BCUT2D eigenvalue weighted by Gasteiger charge is 2.11. The van der Waals surface area contributed by atoms with E-state index in [0.717, 1.165) is 6.42 Å². The van der Waals surface area contributed by atoms with E-state index in [4.69, 9.17) is 17.3 Å². The van der Waals surface area contributed by atoms with Crippen molar-refractivity contribution in [3.8, 4) is 0 Å². The molecule has 104 valence electrons. The van der Waals surface area contributed by atoms with Crippen molar-refractivity contribution < 1.29 is 4.79 Å². The molecule has 0 aromatic heterocycles. The van der Waals surface area contributed by atoms with Crippen LogP contribution in [0.5, 0.6) is 0 Å². The number of carbonyl (C=O) groups excluding carboxylic acids is 1. The maximum Gasteiger partial charge on any atom is 0.251 e. The Morgan fingerprint density at radius 3 is 2.60 bits per heavy atom. The molecule has 0 heterocycles. The summed E-state index contributed by atoms with van der Waals surface area (Å²) in [6.07, 6.45) is 0.787. The Kier molecular flexibility index (Phi) is 4.64. The lowest BCUT2D eigenvalue weighted by Crippen LogP contribution is -2.34. The van der Waals surface area contributed by atoms with E-state index >= 15 is 0 Å². The number of hydrogen-bond acceptors (Lipinski definition) is 2. The third kappa shape index (κ3) is 3.75. The third-order valence-corrected chi connectivity index (χ3v) is 3.36. The van der Waals surface area contributed by atoms with Gasteiger partial charge in [0.1, 0.15) is 0 Å².